The maximum atomic E-state index is 14.0. The lowest BCUT2D eigenvalue weighted by molar-refractivity contribution is 0.0786. The Hall–Kier alpha value is -2.96. The van der Waals surface area contributed by atoms with Gasteiger partial charge in [0.05, 0.1) is 7.11 Å². The van der Waals surface area contributed by atoms with E-state index in [9.17, 15) is 9.18 Å². The first-order chi connectivity index (χ1) is 14.5. The van der Waals surface area contributed by atoms with Gasteiger partial charge in [-0.3, -0.25) is 4.79 Å². The van der Waals surface area contributed by atoms with Crippen molar-refractivity contribution in [3.05, 3.63) is 53.7 Å². The summed E-state index contributed by atoms with van der Waals surface area (Å²) >= 11 is 0. The highest BCUT2D eigenvalue weighted by Crippen LogP contribution is 2.26. The molecule has 6 nitrogen and oxygen atoms in total. The van der Waals surface area contributed by atoms with E-state index in [0.717, 1.165) is 36.4 Å². The molecule has 7 heteroatoms. The quantitative estimate of drug-likeness (QED) is 0.618. The van der Waals surface area contributed by atoms with Crippen LogP contribution >= 0.6 is 0 Å². The molecule has 1 aromatic carbocycles. The molecule has 1 fully saturated rings. The number of nitrogens with zero attached hydrogens (tertiary/aromatic N) is 4. The fourth-order valence-electron chi connectivity index (χ4n) is 4.14. The standard InChI is InChI=1S/C23H27FN4O2/c1-15(2)13-28-21(26-19-5-4-9-25-22(19)28)11-16-8-10-27(14-16)23(29)17-6-7-20(30-3)18(24)12-17/h4-7,9,12,15-16H,8,10-11,13-14H2,1-3H3/t16-/m0/s1. The Kier molecular flexibility index (Phi) is 5.70. The lowest BCUT2D eigenvalue weighted by Crippen LogP contribution is -2.29. The van der Waals surface area contributed by atoms with Gasteiger partial charge >= 0.3 is 0 Å². The molecule has 1 saturated heterocycles. The summed E-state index contributed by atoms with van der Waals surface area (Å²) in [5, 5.41) is 0. The van der Waals surface area contributed by atoms with E-state index in [4.69, 9.17) is 9.72 Å². The number of ether oxygens (including phenoxy) is 1. The molecule has 1 atom stereocenters. The summed E-state index contributed by atoms with van der Waals surface area (Å²) in [7, 11) is 1.41. The van der Waals surface area contributed by atoms with Crippen molar-refractivity contribution in [1.82, 2.24) is 19.4 Å². The van der Waals surface area contributed by atoms with E-state index in [2.05, 4.69) is 23.4 Å². The molecule has 0 radical (unpaired) electrons. The molecule has 4 rings (SSSR count). The molecule has 158 valence electrons. The lowest BCUT2D eigenvalue weighted by atomic mass is 10.0. The number of amides is 1. The number of hydrogen-bond acceptors (Lipinski definition) is 4. The SMILES string of the molecule is COc1ccc(C(=O)N2CC[C@@H](Cc3nc4cccnc4n3CC(C)C)C2)cc1F. The number of fused-ring (bicyclic) bond motifs is 1. The minimum absolute atomic E-state index is 0.142. The second-order valence-corrected chi connectivity index (χ2v) is 8.34. The van der Waals surface area contributed by atoms with Crippen LogP contribution in [0.2, 0.25) is 0 Å². The molecular formula is C23H27FN4O2. The van der Waals surface area contributed by atoms with Crippen molar-refractivity contribution in [1.29, 1.82) is 0 Å². The summed E-state index contributed by atoms with van der Waals surface area (Å²) in [6.45, 7) is 6.54. The van der Waals surface area contributed by atoms with Gasteiger partial charge < -0.3 is 14.2 Å². The second kappa shape index (κ2) is 8.42. The molecule has 0 spiro atoms. The maximum absolute atomic E-state index is 14.0. The number of carbonyl (C=O) groups excluding carboxylic acids is 1. The van der Waals surface area contributed by atoms with Crippen LogP contribution in [0.25, 0.3) is 11.2 Å². The third kappa shape index (κ3) is 4.01. The number of aromatic nitrogens is 3. The molecule has 1 amide bonds. The Bertz CT molecular complexity index is 1060. The van der Waals surface area contributed by atoms with Gasteiger partial charge in [0.1, 0.15) is 11.3 Å². The van der Waals surface area contributed by atoms with Crippen molar-refractivity contribution in [2.45, 2.75) is 33.2 Å². The van der Waals surface area contributed by atoms with Crippen LogP contribution in [0.1, 0.15) is 36.5 Å². The molecule has 0 aliphatic carbocycles. The first-order valence-electron chi connectivity index (χ1n) is 10.4. The first-order valence-corrected chi connectivity index (χ1v) is 10.4. The Morgan fingerprint density at radius 3 is 2.90 bits per heavy atom. The molecule has 1 aliphatic rings. The lowest BCUT2D eigenvalue weighted by Gasteiger charge is -2.17. The van der Waals surface area contributed by atoms with Crippen molar-refractivity contribution < 1.29 is 13.9 Å². The number of carbonyl (C=O) groups is 1. The van der Waals surface area contributed by atoms with Crippen molar-refractivity contribution in [3.8, 4) is 5.75 Å². The number of rotatable bonds is 6. The Morgan fingerprint density at radius 2 is 2.17 bits per heavy atom. The van der Waals surface area contributed by atoms with Crippen LogP contribution in [0.4, 0.5) is 4.39 Å². The Morgan fingerprint density at radius 1 is 1.33 bits per heavy atom. The van der Waals surface area contributed by atoms with Gasteiger partial charge in [0.25, 0.3) is 5.91 Å². The topological polar surface area (TPSA) is 60.2 Å². The van der Waals surface area contributed by atoms with Crippen LogP contribution < -0.4 is 4.74 Å². The predicted molar refractivity (Wildman–Crippen MR) is 113 cm³/mol. The van der Waals surface area contributed by atoms with Gasteiger partial charge in [0.2, 0.25) is 0 Å². The average Bonchev–Trinajstić information content (AvgIpc) is 3.32. The molecule has 0 unspecified atom stereocenters. The molecular weight excluding hydrogens is 383 g/mol. The normalized spacial score (nSPS) is 16.6. The number of methoxy groups -OCH3 is 1. The first kappa shape index (κ1) is 20.3. The number of benzene rings is 1. The van der Waals surface area contributed by atoms with E-state index in [1.54, 1.807) is 17.2 Å². The van der Waals surface area contributed by atoms with Gasteiger partial charge in [-0.25, -0.2) is 14.4 Å². The van der Waals surface area contributed by atoms with Crippen LogP contribution in [0.15, 0.2) is 36.5 Å². The molecule has 0 N–H and O–H groups in total. The summed E-state index contributed by atoms with van der Waals surface area (Å²) in [5.41, 5.74) is 2.18. The summed E-state index contributed by atoms with van der Waals surface area (Å²) < 4.78 is 21.1. The van der Waals surface area contributed by atoms with E-state index in [1.807, 2.05) is 12.1 Å². The van der Waals surface area contributed by atoms with E-state index in [0.29, 0.717) is 30.5 Å². The highest BCUT2D eigenvalue weighted by molar-refractivity contribution is 5.94. The number of likely N-dealkylation sites (tertiary alicyclic amines) is 1. The van der Waals surface area contributed by atoms with Gasteiger partial charge in [0, 0.05) is 37.8 Å². The molecule has 0 bridgehead atoms. The zero-order chi connectivity index (χ0) is 21.3. The van der Waals surface area contributed by atoms with Crippen molar-refractivity contribution in [2.75, 3.05) is 20.2 Å². The minimum Gasteiger partial charge on any atom is -0.494 e. The van der Waals surface area contributed by atoms with Crippen molar-refractivity contribution in [2.24, 2.45) is 11.8 Å². The highest BCUT2D eigenvalue weighted by atomic mass is 19.1. The third-order valence-electron chi connectivity index (χ3n) is 5.57. The molecule has 30 heavy (non-hydrogen) atoms. The van der Waals surface area contributed by atoms with Gasteiger partial charge in [-0.05, 0) is 48.6 Å². The number of hydrogen-bond donors (Lipinski definition) is 0. The minimum atomic E-state index is -0.519. The van der Waals surface area contributed by atoms with Crippen molar-refractivity contribution >= 4 is 17.1 Å². The molecule has 3 heterocycles. The smallest absolute Gasteiger partial charge is 0.253 e. The summed E-state index contributed by atoms with van der Waals surface area (Å²) in [4.78, 5) is 24.0. The number of pyridine rings is 1. The van der Waals surface area contributed by atoms with Gasteiger partial charge in [-0.1, -0.05) is 13.8 Å². The van der Waals surface area contributed by atoms with E-state index < -0.39 is 5.82 Å². The van der Waals surface area contributed by atoms with E-state index >= 15 is 0 Å². The van der Waals surface area contributed by atoms with Gasteiger partial charge in [0.15, 0.2) is 17.2 Å². The van der Waals surface area contributed by atoms with E-state index in [1.165, 1.54) is 19.2 Å². The van der Waals surface area contributed by atoms with Crippen LogP contribution in [0.5, 0.6) is 5.75 Å². The number of halogens is 1. The fraction of sp³-hybridized carbons (Fsp3) is 0.435. The molecule has 0 saturated carbocycles. The monoisotopic (exact) mass is 410 g/mol. The third-order valence-corrected chi connectivity index (χ3v) is 5.57. The largest absolute Gasteiger partial charge is 0.494 e. The van der Waals surface area contributed by atoms with Crippen LogP contribution in [-0.2, 0) is 13.0 Å². The fourth-order valence-corrected chi connectivity index (χ4v) is 4.14. The van der Waals surface area contributed by atoms with Gasteiger partial charge in [-0.15, -0.1) is 0 Å². The average molecular weight is 410 g/mol. The second-order valence-electron chi connectivity index (χ2n) is 8.34. The Balaban J connectivity index is 1.49. The predicted octanol–water partition coefficient (Wildman–Crippen LogP) is 3.94. The van der Waals surface area contributed by atoms with Gasteiger partial charge in [-0.2, -0.15) is 0 Å². The summed E-state index contributed by atoms with van der Waals surface area (Å²) in [6.07, 6.45) is 3.50. The Labute approximate surface area is 175 Å². The molecule has 1 aliphatic heterocycles. The molecule has 2 aromatic heterocycles. The van der Waals surface area contributed by atoms with Crippen LogP contribution in [-0.4, -0.2) is 45.5 Å². The maximum Gasteiger partial charge on any atom is 0.253 e. The molecule has 3 aromatic rings. The zero-order valence-corrected chi connectivity index (χ0v) is 17.6. The van der Waals surface area contributed by atoms with Crippen LogP contribution in [0.3, 0.4) is 0 Å². The summed E-state index contributed by atoms with van der Waals surface area (Å²) in [5.74, 6) is 1.30. The van der Waals surface area contributed by atoms with Crippen molar-refractivity contribution in [3.63, 3.8) is 0 Å². The van der Waals surface area contributed by atoms with Crippen LogP contribution in [0, 0.1) is 17.7 Å². The zero-order valence-electron chi connectivity index (χ0n) is 17.6. The highest BCUT2D eigenvalue weighted by Gasteiger charge is 2.29. The number of imidazole rings is 1. The summed E-state index contributed by atoms with van der Waals surface area (Å²) in [6, 6.07) is 8.26. The van der Waals surface area contributed by atoms with E-state index in [-0.39, 0.29) is 11.7 Å².